The molecule has 0 aliphatic heterocycles. The molecule has 0 spiro atoms. The molecule has 0 bridgehead atoms. The minimum atomic E-state index is -4.52. The van der Waals surface area contributed by atoms with Crippen LogP contribution in [-0.4, -0.2) is 51.1 Å². The molecule has 0 aromatic carbocycles. The molecular weight excluding hydrogens is 349 g/mol. The van der Waals surface area contributed by atoms with Gasteiger partial charge in [-0.05, 0) is 24.7 Å². The van der Waals surface area contributed by atoms with Gasteiger partial charge in [0.25, 0.3) is 0 Å². The van der Waals surface area contributed by atoms with Crippen LogP contribution in [0.25, 0.3) is 0 Å². The van der Waals surface area contributed by atoms with Crippen LogP contribution in [0, 0.1) is 5.41 Å². The third-order valence-corrected chi connectivity index (χ3v) is 4.01. The van der Waals surface area contributed by atoms with Gasteiger partial charge in [0.15, 0.2) is 12.0 Å². The molecule has 0 amide bonds. The van der Waals surface area contributed by atoms with E-state index in [1.54, 1.807) is 28.3 Å². The standard InChI is InChI=1S/C17H29F3N4O2/c1-16(2,9-7-8-14(25-5)26-6)11-21-15-22-12(17(18,19)20)10-13(23-15)24(3)4/h10,14H,7-9,11H2,1-6H3,(H,21,22,23). The van der Waals surface area contributed by atoms with E-state index in [-0.39, 0.29) is 23.5 Å². The molecule has 1 aromatic rings. The van der Waals surface area contributed by atoms with E-state index in [0.29, 0.717) is 6.54 Å². The highest BCUT2D eigenvalue weighted by atomic mass is 19.4. The summed E-state index contributed by atoms with van der Waals surface area (Å²) in [4.78, 5) is 9.28. The molecule has 26 heavy (non-hydrogen) atoms. The maximum Gasteiger partial charge on any atom is 0.433 e. The summed E-state index contributed by atoms with van der Waals surface area (Å²) in [5, 5.41) is 2.95. The Hall–Kier alpha value is -1.61. The number of anilines is 2. The van der Waals surface area contributed by atoms with Crippen LogP contribution >= 0.6 is 0 Å². The molecule has 0 atom stereocenters. The van der Waals surface area contributed by atoms with Crippen LogP contribution in [0.4, 0.5) is 24.9 Å². The van der Waals surface area contributed by atoms with Crippen LogP contribution in [0.1, 0.15) is 38.8 Å². The van der Waals surface area contributed by atoms with E-state index in [1.165, 1.54) is 4.90 Å². The fourth-order valence-corrected chi connectivity index (χ4v) is 2.37. The van der Waals surface area contributed by atoms with E-state index in [1.807, 2.05) is 13.8 Å². The molecule has 1 heterocycles. The molecule has 1 N–H and O–H groups in total. The maximum absolute atomic E-state index is 13.0. The van der Waals surface area contributed by atoms with E-state index in [2.05, 4.69) is 15.3 Å². The number of ether oxygens (including phenoxy) is 2. The average Bonchev–Trinajstić information content (AvgIpc) is 2.56. The van der Waals surface area contributed by atoms with Crippen molar-refractivity contribution in [3.63, 3.8) is 0 Å². The van der Waals surface area contributed by atoms with Gasteiger partial charge in [0, 0.05) is 40.9 Å². The molecule has 0 unspecified atom stereocenters. The Balaban J connectivity index is 2.74. The summed E-state index contributed by atoms with van der Waals surface area (Å²) >= 11 is 0. The number of halogens is 3. The first-order valence-corrected chi connectivity index (χ1v) is 8.41. The van der Waals surface area contributed by atoms with E-state index in [4.69, 9.17) is 9.47 Å². The summed E-state index contributed by atoms with van der Waals surface area (Å²) in [5.74, 6) is 0.180. The molecule has 9 heteroatoms. The molecular formula is C17H29F3N4O2. The quantitative estimate of drug-likeness (QED) is 0.625. The Kier molecular flexibility index (Phi) is 8.08. The van der Waals surface area contributed by atoms with E-state index < -0.39 is 11.9 Å². The lowest BCUT2D eigenvalue weighted by Gasteiger charge is -2.26. The lowest BCUT2D eigenvalue weighted by atomic mass is 9.87. The molecule has 0 fully saturated rings. The molecule has 0 saturated carbocycles. The second kappa shape index (κ2) is 9.36. The molecule has 1 aromatic heterocycles. The average molecular weight is 378 g/mol. The largest absolute Gasteiger partial charge is 0.433 e. The van der Waals surface area contributed by atoms with Crippen LogP contribution in [0.3, 0.4) is 0 Å². The predicted octanol–water partition coefficient (Wildman–Crippen LogP) is 3.79. The molecule has 0 saturated heterocycles. The van der Waals surface area contributed by atoms with E-state index in [9.17, 15) is 13.2 Å². The van der Waals surface area contributed by atoms with Gasteiger partial charge in [-0.1, -0.05) is 13.8 Å². The monoisotopic (exact) mass is 378 g/mol. The van der Waals surface area contributed by atoms with Crippen LogP contribution in [0.15, 0.2) is 6.07 Å². The van der Waals surface area contributed by atoms with Crippen molar-refractivity contribution < 1.29 is 22.6 Å². The van der Waals surface area contributed by atoms with Crippen molar-refractivity contribution in [1.29, 1.82) is 0 Å². The van der Waals surface area contributed by atoms with Crippen LogP contribution in [0.2, 0.25) is 0 Å². The first-order valence-electron chi connectivity index (χ1n) is 8.41. The second-order valence-electron chi connectivity index (χ2n) is 7.14. The molecule has 6 nitrogen and oxygen atoms in total. The van der Waals surface area contributed by atoms with Crippen LogP contribution < -0.4 is 10.2 Å². The second-order valence-corrected chi connectivity index (χ2v) is 7.14. The van der Waals surface area contributed by atoms with Gasteiger partial charge in [-0.25, -0.2) is 4.98 Å². The van der Waals surface area contributed by atoms with Crippen molar-refractivity contribution in [1.82, 2.24) is 9.97 Å². The number of rotatable bonds is 10. The number of nitrogens with one attached hydrogen (secondary N) is 1. The molecule has 0 aliphatic rings. The number of aromatic nitrogens is 2. The van der Waals surface area contributed by atoms with Crippen LogP contribution in [-0.2, 0) is 15.7 Å². The SMILES string of the molecule is COC(CCCC(C)(C)CNc1nc(N(C)C)cc(C(F)(F)F)n1)OC. The Morgan fingerprint density at radius 1 is 1.15 bits per heavy atom. The topological polar surface area (TPSA) is 59.5 Å². The fourth-order valence-electron chi connectivity index (χ4n) is 2.37. The van der Waals surface area contributed by atoms with Gasteiger partial charge in [-0.15, -0.1) is 0 Å². The van der Waals surface area contributed by atoms with Gasteiger partial charge in [0.1, 0.15) is 5.82 Å². The number of alkyl halides is 3. The van der Waals surface area contributed by atoms with Crippen molar-refractivity contribution in [2.75, 3.05) is 45.1 Å². The van der Waals surface area contributed by atoms with Crippen molar-refractivity contribution in [3.8, 4) is 0 Å². The lowest BCUT2D eigenvalue weighted by Crippen LogP contribution is -2.26. The Morgan fingerprint density at radius 2 is 1.77 bits per heavy atom. The van der Waals surface area contributed by atoms with E-state index in [0.717, 1.165) is 25.3 Å². The third-order valence-electron chi connectivity index (χ3n) is 4.01. The van der Waals surface area contributed by atoms with Crippen molar-refractivity contribution >= 4 is 11.8 Å². The van der Waals surface area contributed by atoms with Gasteiger partial charge in [-0.2, -0.15) is 18.2 Å². The zero-order chi connectivity index (χ0) is 20.0. The highest BCUT2D eigenvalue weighted by Crippen LogP contribution is 2.31. The summed E-state index contributed by atoms with van der Waals surface area (Å²) in [6.07, 6.45) is -2.29. The predicted molar refractivity (Wildman–Crippen MR) is 95.3 cm³/mol. The molecule has 0 radical (unpaired) electrons. The zero-order valence-electron chi connectivity index (χ0n) is 16.3. The van der Waals surface area contributed by atoms with Crippen molar-refractivity contribution in [2.24, 2.45) is 5.41 Å². The molecule has 0 aliphatic carbocycles. The first-order chi connectivity index (χ1) is 12.0. The van der Waals surface area contributed by atoms with Crippen molar-refractivity contribution in [2.45, 2.75) is 45.6 Å². The van der Waals surface area contributed by atoms with Gasteiger partial charge in [-0.3, -0.25) is 0 Å². The highest BCUT2D eigenvalue weighted by Gasteiger charge is 2.34. The normalized spacial score (nSPS) is 12.5. The number of nitrogens with zero attached hydrogens (tertiary/aromatic N) is 3. The fraction of sp³-hybridized carbons (Fsp3) is 0.765. The molecule has 1 rings (SSSR count). The lowest BCUT2D eigenvalue weighted by molar-refractivity contribution is -0.141. The van der Waals surface area contributed by atoms with E-state index >= 15 is 0 Å². The minimum Gasteiger partial charge on any atom is -0.363 e. The Labute approximate surface area is 153 Å². The minimum absolute atomic E-state index is 0.0248. The number of hydrogen-bond acceptors (Lipinski definition) is 6. The smallest absolute Gasteiger partial charge is 0.363 e. The van der Waals surface area contributed by atoms with Crippen molar-refractivity contribution in [3.05, 3.63) is 11.8 Å². The summed E-state index contributed by atoms with van der Waals surface area (Å²) in [6, 6.07) is 0.936. The van der Waals surface area contributed by atoms with Gasteiger partial charge in [0.2, 0.25) is 5.95 Å². The number of methoxy groups -OCH3 is 2. The highest BCUT2D eigenvalue weighted by molar-refractivity contribution is 5.44. The van der Waals surface area contributed by atoms with Gasteiger partial charge in [0.05, 0.1) is 0 Å². The zero-order valence-corrected chi connectivity index (χ0v) is 16.3. The van der Waals surface area contributed by atoms with Crippen LogP contribution in [0.5, 0.6) is 0 Å². The summed E-state index contributed by atoms with van der Waals surface area (Å²) in [7, 11) is 6.46. The first kappa shape index (κ1) is 22.4. The Morgan fingerprint density at radius 3 is 2.27 bits per heavy atom. The molecule has 150 valence electrons. The number of hydrogen-bond donors (Lipinski definition) is 1. The van der Waals surface area contributed by atoms with Gasteiger partial charge < -0.3 is 19.7 Å². The summed E-state index contributed by atoms with van der Waals surface area (Å²) in [5.41, 5.74) is -1.11. The Bertz CT molecular complexity index is 561. The summed E-state index contributed by atoms with van der Waals surface area (Å²) in [6.45, 7) is 4.52. The summed E-state index contributed by atoms with van der Waals surface area (Å²) < 4.78 is 49.4. The van der Waals surface area contributed by atoms with Gasteiger partial charge >= 0.3 is 6.18 Å². The maximum atomic E-state index is 13.0. The third kappa shape index (κ3) is 7.33.